The molecule has 1 amide bonds. The van der Waals surface area contributed by atoms with Gasteiger partial charge in [0.05, 0.1) is 11.4 Å². The lowest BCUT2D eigenvalue weighted by molar-refractivity contribution is -0.121. The first-order chi connectivity index (χ1) is 14.7. The number of benzene rings is 3. The van der Waals surface area contributed by atoms with Gasteiger partial charge in [0, 0.05) is 30.3 Å². The van der Waals surface area contributed by atoms with E-state index < -0.39 is 0 Å². The average Bonchev–Trinajstić information content (AvgIpc) is 3.23. The van der Waals surface area contributed by atoms with Gasteiger partial charge in [0.1, 0.15) is 5.82 Å². The summed E-state index contributed by atoms with van der Waals surface area (Å²) in [6.07, 6.45) is 2.87. The quantitative estimate of drug-likeness (QED) is 0.479. The van der Waals surface area contributed by atoms with Gasteiger partial charge in [0.25, 0.3) is 0 Å². The van der Waals surface area contributed by atoms with E-state index >= 15 is 0 Å². The van der Waals surface area contributed by atoms with Crippen molar-refractivity contribution in [3.63, 3.8) is 0 Å². The second-order valence-electron chi connectivity index (χ2n) is 7.05. The van der Waals surface area contributed by atoms with Crippen molar-refractivity contribution in [2.24, 2.45) is 0 Å². The minimum Gasteiger partial charge on any atom is -0.352 e. The molecule has 4 rings (SSSR count). The Morgan fingerprint density at radius 3 is 2.27 bits per heavy atom. The SMILES string of the molecule is O=C(CCc1ccc(F)cc1)NCc1cn(-c2ccccc2)nc1-c1ccccc1. The predicted molar refractivity (Wildman–Crippen MR) is 116 cm³/mol. The number of hydrogen-bond acceptors (Lipinski definition) is 2. The number of halogens is 1. The summed E-state index contributed by atoms with van der Waals surface area (Å²) >= 11 is 0. The Kier molecular flexibility index (Phi) is 5.99. The molecule has 0 radical (unpaired) electrons. The van der Waals surface area contributed by atoms with Crippen LogP contribution >= 0.6 is 0 Å². The van der Waals surface area contributed by atoms with Crippen molar-refractivity contribution >= 4 is 5.91 Å². The van der Waals surface area contributed by atoms with Crippen molar-refractivity contribution in [3.05, 3.63) is 108 Å². The highest BCUT2D eigenvalue weighted by molar-refractivity contribution is 5.76. The number of rotatable bonds is 7. The normalized spacial score (nSPS) is 10.7. The van der Waals surface area contributed by atoms with Gasteiger partial charge in [-0.3, -0.25) is 4.79 Å². The molecule has 0 aliphatic rings. The summed E-state index contributed by atoms with van der Waals surface area (Å²) in [7, 11) is 0. The average molecular weight is 399 g/mol. The summed E-state index contributed by atoms with van der Waals surface area (Å²) in [5.74, 6) is -0.321. The predicted octanol–water partition coefficient (Wildman–Crippen LogP) is 4.93. The molecule has 0 fully saturated rings. The maximum Gasteiger partial charge on any atom is 0.220 e. The molecule has 0 saturated heterocycles. The topological polar surface area (TPSA) is 46.9 Å². The van der Waals surface area contributed by atoms with Crippen molar-refractivity contribution < 1.29 is 9.18 Å². The summed E-state index contributed by atoms with van der Waals surface area (Å²) in [4.78, 5) is 12.4. The van der Waals surface area contributed by atoms with Crippen molar-refractivity contribution in [3.8, 4) is 16.9 Å². The first-order valence-electron chi connectivity index (χ1n) is 9.89. The van der Waals surface area contributed by atoms with E-state index in [1.807, 2.05) is 71.5 Å². The number of hydrogen-bond donors (Lipinski definition) is 1. The maximum absolute atomic E-state index is 13.0. The molecule has 0 saturated carbocycles. The van der Waals surface area contributed by atoms with E-state index in [0.29, 0.717) is 19.4 Å². The highest BCUT2D eigenvalue weighted by atomic mass is 19.1. The van der Waals surface area contributed by atoms with E-state index in [1.165, 1.54) is 12.1 Å². The third-order valence-electron chi connectivity index (χ3n) is 4.89. The zero-order valence-corrected chi connectivity index (χ0v) is 16.5. The number of carbonyl (C=O) groups excluding carboxylic acids is 1. The summed E-state index contributed by atoms with van der Waals surface area (Å²) in [6.45, 7) is 0.388. The fourth-order valence-electron chi connectivity index (χ4n) is 3.28. The Morgan fingerprint density at radius 1 is 0.900 bits per heavy atom. The van der Waals surface area contributed by atoms with Gasteiger partial charge in [-0.05, 0) is 36.2 Å². The zero-order chi connectivity index (χ0) is 20.8. The highest BCUT2D eigenvalue weighted by Crippen LogP contribution is 2.23. The largest absolute Gasteiger partial charge is 0.352 e. The van der Waals surface area contributed by atoms with Gasteiger partial charge in [0.15, 0.2) is 0 Å². The smallest absolute Gasteiger partial charge is 0.220 e. The summed E-state index contributed by atoms with van der Waals surface area (Å²) < 4.78 is 14.8. The molecule has 1 aromatic heterocycles. The third-order valence-corrected chi connectivity index (χ3v) is 4.89. The third kappa shape index (κ3) is 4.81. The van der Waals surface area contributed by atoms with E-state index in [4.69, 9.17) is 5.10 Å². The van der Waals surface area contributed by atoms with Crippen LogP contribution in [0.3, 0.4) is 0 Å². The molecule has 4 nitrogen and oxygen atoms in total. The highest BCUT2D eigenvalue weighted by Gasteiger charge is 2.13. The van der Waals surface area contributed by atoms with E-state index in [0.717, 1.165) is 28.1 Å². The standard InChI is InChI=1S/C25H22FN3O/c26-22-14-11-19(12-15-22)13-16-24(30)27-17-21-18-29(23-9-5-2-6-10-23)28-25(21)20-7-3-1-4-8-20/h1-12,14-15,18H,13,16-17H2,(H,27,30). The van der Waals surface area contributed by atoms with Gasteiger partial charge < -0.3 is 5.32 Å². The van der Waals surface area contributed by atoms with Crippen LogP contribution in [0.1, 0.15) is 17.5 Å². The summed E-state index contributed by atoms with van der Waals surface area (Å²) in [5, 5.41) is 7.75. The Bertz CT molecular complexity index is 1110. The van der Waals surface area contributed by atoms with Gasteiger partial charge >= 0.3 is 0 Å². The van der Waals surface area contributed by atoms with Crippen LogP contribution in [-0.2, 0) is 17.8 Å². The molecular weight excluding hydrogens is 377 g/mol. The van der Waals surface area contributed by atoms with Gasteiger partial charge in [-0.15, -0.1) is 0 Å². The number of amides is 1. The first kappa shape index (κ1) is 19.6. The molecule has 1 heterocycles. The maximum atomic E-state index is 13.0. The van der Waals surface area contributed by atoms with Crippen molar-refractivity contribution in [1.82, 2.24) is 15.1 Å². The lowest BCUT2D eigenvalue weighted by Gasteiger charge is -2.06. The molecule has 5 heteroatoms. The lowest BCUT2D eigenvalue weighted by Crippen LogP contribution is -2.23. The number of aromatic nitrogens is 2. The van der Waals surface area contributed by atoms with Crippen molar-refractivity contribution in [2.75, 3.05) is 0 Å². The van der Waals surface area contributed by atoms with Gasteiger partial charge in [-0.25, -0.2) is 9.07 Å². The van der Waals surface area contributed by atoms with Crippen molar-refractivity contribution in [2.45, 2.75) is 19.4 Å². The molecule has 1 N–H and O–H groups in total. The Balaban J connectivity index is 1.47. The Labute approximate surface area is 175 Å². The molecule has 0 aliphatic carbocycles. The molecule has 0 spiro atoms. The summed E-state index contributed by atoms with van der Waals surface area (Å²) in [6, 6.07) is 26.1. The number of para-hydroxylation sites is 1. The van der Waals surface area contributed by atoms with Gasteiger partial charge in [0.2, 0.25) is 5.91 Å². The van der Waals surface area contributed by atoms with Crippen LogP contribution in [-0.4, -0.2) is 15.7 Å². The zero-order valence-electron chi connectivity index (χ0n) is 16.5. The van der Waals surface area contributed by atoms with Gasteiger partial charge in [-0.2, -0.15) is 5.10 Å². The summed E-state index contributed by atoms with van der Waals surface area (Å²) in [5.41, 5.74) is 4.69. The fraction of sp³-hybridized carbons (Fsp3) is 0.120. The van der Waals surface area contributed by atoms with E-state index in [9.17, 15) is 9.18 Å². The molecular formula is C25H22FN3O. The van der Waals surface area contributed by atoms with E-state index in [2.05, 4.69) is 5.32 Å². The molecule has 0 bridgehead atoms. The van der Waals surface area contributed by atoms with Crippen LogP contribution in [0.25, 0.3) is 16.9 Å². The second-order valence-corrected chi connectivity index (χ2v) is 7.05. The molecule has 0 aliphatic heterocycles. The minimum atomic E-state index is -0.271. The first-order valence-corrected chi connectivity index (χ1v) is 9.89. The number of aryl methyl sites for hydroxylation is 1. The van der Waals surface area contributed by atoms with Crippen molar-refractivity contribution in [1.29, 1.82) is 0 Å². The Morgan fingerprint density at radius 2 is 1.57 bits per heavy atom. The van der Waals surface area contributed by atoms with Gasteiger partial charge in [-0.1, -0.05) is 60.7 Å². The Hall–Kier alpha value is -3.73. The van der Waals surface area contributed by atoms with E-state index in [-0.39, 0.29) is 11.7 Å². The number of nitrogens with zero attached hydrogens (tertiary/aromatic N) is 2. The van der Waals surface area contributed by atoms with Crippen LogP contribution < -0.4 is 5.32 Å². The number of nitrogens with one attached hydrogen (secondary N) is 1. The number of carbonyl (C=O) groups is 1. The lowest BCUT2D eigenvalue weighted by atomic mass is 10.1. The molecule has 4 aromatic rings. The monoisotopic (exact) mass is 399 g/mol. The minimum absolute atomic E-state index is 0.0502. The molecule has 3 aromatic carbocycles. The fourth-order valence-corrected chi connectivity index (χ4v) is 3.28. The molecule has 0 unspecified atom stereocenters. The van der Waals surface area contributed by atoms with Crippen LogP contribution in [0.5, 0.6) is 0 Å². The molecule has 0 atom stereocenters. The van der Waals surface area contributed by atoms with Crippen LogP contribution in [0.2, 0.25) is 0 Å². The second kappa shape index (κ2) is 9.18. The molecule has 30 heavy (non-hydrogen) atoms. The van der Waals surface area contributed by atoms with Crippen LogP contribution in [0.15, 0.2) is 91.1 Å². The van der Waals surface area contributed by atoms with Crippen LogP contribution in [0, 0.1) is 5.82 Å². The van der Waals surface area contributed by atoms with Crippen LogP contribution in [0.4, 0.5) is 4.39 Å². The molecule has 150 valence electrons. The van der Waals surface area contributed by atoms with E-state index in [1.54, 1.807) is 12.1 Å².